The molecule has 1 aromatic carbocycles. The van der Waals surface area contributed by atoms with E-state index in [0.29, 0.717) is 5.75 Å². The molecule has 16 heavy (non-hydrogen) atoms. The van der Waals surface area contributed by atoms with Gasteiger partial charge >= 0.3 is 12.3 Å². The van der Waals surface area contributed by atoms with Crippen molar-refractivity contribution < 1.29 is 27.3 Å². The average molecular weight is 238 g/mol. The van der Waals surface area contributed by atoms with Crippen LogP contribution in [0.25, 0.3) is 0 Å². The quantitative estimate of drug-likeness (QED) is 0.327. The van der Waals surface area contributed by atoms with Crippen LogP contribution in [-0.2, 0) is 4.89 Å². The molecule has 0 aliphatic rings. The molecule has 0 aliphatic carbocycles. The summed E-state index contributed by atoms with van der Waals surface area (Å²) >= 11 is 0. The summed E-state index contributed by atoms with van der Waals surface area (Å²) in [5.41, 5.74) is 0. The average Bonchev–Trinajstić information content (AvgIpc) is 2.26. The summed E-state index contributed by atoms with van der Waals surface area (Å²) in [6.45, 7) is -0.605. The predicted octanol–water partition coefficient (Wildman–Crippen LogP) is 3.29. The Labute approximate surface area is 89.7 Å². The first kappa shape index (κ1) is 12.8. The van der Waals surface area contributed by atoms with Crippen LogP contribution < -0.4 is 4.89 Å². The normalized spacial score (nSPS) is 11.8. The van der Waals surface area contributed by atoms with Crippen LogP contribution in [0.1, 0.15) is 6.42 Å². The van der Waals surface area contributed by atoms with Gasteiger partial charge in [0.25, 0.3) is 0 Å². The largest absolute Gasteiger partial charge is 0.338 e. The van der Waals surface area contributed by atoms with Gasteiger partial charge in [-0.25, -0.2) is 17.6 Å². The topological polar surface area (TPSA) is 18.5 Å². The maximum atomic E-state index is 12.4. The SMILES string of the molecule is FC(F)C(F)(F)CCOOc1ccccc1. The highest BCUT2D eigenvalue weighted by Gasteiger charge is 2.40. The first-order valence-corrected chi connectivity index (χ1v) is 4.53. The van der Waals surface area contributed by atoms with Crippen LogP contribution in [0, 0.1) is 0 Å². The summed E-state index contributed by atoms with van der Waals surface area (Å²) < 4.78 is 48.2. The number of benzene rings is 1. The Morgan fingerprint density at radius 1 is 1.12 bits per heavy atom. The molecule has 0 fully saturated rings. The summed E-state index contributed by atoms with van der Waals surface area (Å²) in [6, 6.07) is 8.15. The molecule has 1 rings (SSSR count). The van der Waals surface area contributed by atoms with Gasteiger partial charge in [-0.3, -0.25) is 0 Å². The fraction of sp³-hybridized carbons (Fsp3) is 0.400. The van der Waals surface area contributed by atoms with Crippen molar-refractivity contribution in [2.45, 2.75) is 18.8 Å². The summed E-state index contributed by atoms with van der Waals surface area (Å²) in [6.07, 6.45) is -4.77. The van der Waals surface area contributed by atoms with Crippen LogP contribution in [0.2, 0.25) is 0 Å². The molecule has 0 aromatic heterocycles. The Balaban J connectivity index is 2.22. The second-order valence-electron chi connectivity index (χ2n) is 3.03. The van der Waals surface area contributed by atoms with Crippen LogP contribution in [0.4, 0.5) is 17.6 Å². The Morgan fingerprint density at radius 2 is 1.75 bits per heavy atom. The van der Waals surface area contributed by atoms with Gasteiger partial charge in [0.15, 0.2) is 5.75 Å². The van der Waals surface area contributed by atoms with Gasteiger partial charge in [-0.2, -0.15) is 4.89 Å². The van der Waals surface area contributed by atoms with E-state index >= 15 is 0 Å². The van der Waals surface area contributed by atoms with Crippen LogP contribution in [0.15, 0.2) is 30.3 Å². The van der Waals surface area contributed by atoms with Crippen LogP contribution in [0.3, 0.4) is 0 Å². The summed E-state index contributed by atoms with van der Waals surface area (Å²) in [5, 5.41) is 0. The van der Waals surface area contributed by atoms with E-state index in [9.17, 15) is 17.6 Å². The van der Waals surface area contributed by atoms with E-state index < -0.39 is 25.4 Å². The first-order valence-electron chi connectivity index (χ1n) is 4.53. The Kier molecular flexibility index (Phi) is 4.54. The molecule has 0 bridgehead atoms. The second-order valence-corrected chi connectivity index (χ2v) is 3.03. The lowest BCUT2D eigenvalue weighted by Crippen LogP contribution is -2.28. The molecule has 0 amide bonds. The van der Waals surface area contributed by atoms with E-state index in [0.717, 1.165) is 0 Å². The Hall–Kier alpha value is -1.30. The molecule has 2 nitrogen and oxygen atoms in total. The smallest absolute Gasteiger partial charge is 0.309 e. The molecule has 0 radical (unpaired) electrons. The number of hydrogen-bond donors (Lipinski definition) is 0. The standard InChI is InChI=1S/C10H10F4O2/c11-9(12)10(13,14)6-7-15-16-8-4-2-1-3-5-8/h1-5,9H,6-7H2. The molecule has 1 aromatic rings. The lowest BCUT2D eigenvalue weighted by atomic mass is 10.2. The van der Waals surface area contributed by atoms with Gasteiger partial charge in [0, 0.05) is 6.42 Å². The number of rotatable bonds is 6. The minimum absolute atomic E-state index is 0.322. The van der Waals surface area contributed by atoms with Crippen molar-refractivity contribution in [1.82, 2.24) is 0 Å². The first-order chi connectivity index (χ1) is 7.52. The summed E-state index contributed by atoms with van der Waals surface area (Å²) in [4.78, 5) is 9.00. The third-order valence-electron chi connectivity index (χ3n) is 1.74. The van der Waals surface area contributed by atoms with Crippen LogP contribution >= 0.6 is 0 Å². The second kappa shape index (κ2) is 5.69. The minimum atomic E-state index is -4.04. The number of halogens is 4. The predicted molar refractivity (Wildman–Crippen MR) is 48.6 cm³/mol. The Morgan fingerprint density at radius 3 is 2.31 bits per heavy atom. The molecule has 0 N–H and O–H groups in total. The van der Waals surface area contributed by atoms with Gasteiger partial charge in [0.05, 0.1) is 6.61 Å². The molecule has 0 saturated heterocycles. The summed E-state index contributed by atoms with van der Waals surface area (Å²) in [5.74, 6) is -3.72. The lowest BCUT2D eigenvalue weighted by molar-refractivity contribution is -0.228. The molecule has 0 unspecified atom stereocenters. The van der Waals surface area contributed by atoms with Crippen molar-refractivity contribution in [1.29, 1.82) is 0 Å². The van der Waals surface area contributed by atoms with Crippen molar-refractivity contribution in [3.63, 3.8) is 0 Å². The highest BCUT2D eigenvalue weighted by atomic mass is 19.3. The van der Waals surface area contributed by atoms with Gasteiger partial charge < -0.3 is 4.89 Å². The van der Waals surface area contributed by atoms with Gasteiger partial charge in [-0.15, -0.1) is 0 Å². The van der Waals surface area contributed by atoms with Gasteiger partial charge in [-0.1, -0.05) is 18.2 Å². The zero-order valence-corrected chi connectivity index (χ0v) is 8.21. The van der Waals surface area contributed by atoms with Crippen molar-refractivity contribution in [2.24, 2.45) is 0 Å². The Bertz CT molecular complexity index is 303. The molecule has 6 heteroatoms. The van der Waals surface area contributed by atoms with E-state index in [2.05, 4.69) is 9.78 Å². The summed E-state index contributed by atoms with van der Waals surface area (Å²) in [7, 11) is 0. The van der Waals surface area contributed by atoms with Crippen molar-refractivity contribution in [3.8, 4) is 5.75 Å². The van der Waals surface area contributed by atoms with E-state index in [1.165, 1.54) is 0 Å². The molecular weight excluding hydrogens is 228 g/mol. The molecule has 0 saturated carbocycles. The minimum Gasteiger partial charge on any atom is -0.338 e. The third-order valence-corrected chi connectivity index (χ3v) is 1.74. The molecule has 0 heterocycles. The van der Waals surface area contributed by atoms with Gasteiger partial charge in [0.2, 0.25) is 0 Å². The van der Waals surface area contributed by atoms with E-state index in [-0.39, 0.29) is 0 Å². The number of alkyl halides is 4. The maximum Gasteiger partial charge on any atom is 0.309 e. The molecule has 90 valence electrons. The number of hydrogen-bond acceptors (Lipinski definition) is 2. The fourth-order valence-electron chi connectivity index (χ4n) is 0.873. The van der Waals surface area contributed by atoms with Crippen LogP contribution in [0.5, 0.6) is 5.75 Å². The molecule has 0 spiro atoms. The van der Waals surface area contributed by atoms with E-state index in [4.69, 9.17) is 0 Å². The molecule has 0 atom stereocenters. The maximum absolute atomic E-state index is 12.4. The van der Waals surface area contributed by atoms with E-state index in [1.54, 1.807) is 30.3 Å². The zero-order chi connectivity index (χ0) is 12.0. The highest BCUT2D eigenvalue weighted by Crippen LogP contribution is 2.26. The van der Waals surface area contributed by atoms with E-state index in [1.807, 2.05) is 0 Å². The van der Waals surface area contributed by atoms with Crippen molar-refractivity contribution in [2.75, 3.05) is 6.61 Å². The zero-order valence-electron chi connectivity index (χ0n) is 8.21. The van der Waals surface area contributed by atoms with Crippen molar-refractivity contribution >= 4 is 0 Å². The molecular formula is C10H10F4O2. The monoisotopic (exact) mass is 238 g/mol. The van der Waals surface area contributed by atoms with Crippen molar-refractivity contribution in [3.05, 3.63) is 30.3 Å². The highest BCUT2D eigenvalue weighted by molar-refractivity contribution is 5.20. The lowest BCUT2D eigenvalue weighted by Gasteiger charge is -2.14. The fourth-order valence-corrected chi connectivity index (χ4v) is 0.873. The van der Waals surface area contributed by atoms with Gasteiger partial charge in [0.1, 0.15) is 0 Å². The number of para-hydroxylation sites is 1. The van der Waals surface area contributed by atoms with Gasteiger partial charge in [-0.05, 0) is 12.1 Å². The molecule has 0 aliphatic heterocycles. The van der Waals surface area contributed by atoms with Crippen LogP contribution in [-0.4, -0.2) is 19.0 Å². The third kappa shape index (κ3) is 4.06.